The summed E-state index contributed by atoms with van der Waals surface area (Å²) < 4.78 is 1.84. The number of nitrogens with one attached hydrogen (secondary N) is 1. The molecule has 0 saturated heterocycles. The van der Waals surface area contributed by atoms with Crippen molar-refractivity contribution in [3.05, 3.63) is 35.5 Å². The first-order chi connectivity index (χ1) is 9.69. The summed E-state index contributed by atoms with van der Waals surface area (Å²) in [5.74, 6) is 0.760. The monoisotopic (exact) mass is 304 g/mol. The molecule has 1 saturated carbocycles. The molecule has 0 spiro atoms. The summed E-state index contributed by atoms with van der Waals surface area (Å²) in [6, 6.07) is 8.28. The molecule has 102 valence electrons. The van der Waals surface area contributed by atoms with Gasteiger partial charge in [-0.05, 0) is 24.5 Å². The number of hydrogen-bond acceptors (Lipinski definition) is 4. The number of fused-ring (bicyclic) bond motifs is 1. The van der Waals surface area contributed by atoms with E-state index in [1.165, 1.54) is 6.42 Å². The quantitative estimate of drug-likeness (QED) is 0.797. The highest BCUT2D eigenvalue weighted by molar-refractivity contribution is 7.20. The number of halogens is 1. The van der Waals surface area contributed by atoms with Gasteiger partial charge in [-0.15, -0.1) is 5.10 Å². The summed E-state index contributed by atoms with van der Waals surface area (Å²) in [5, 5.41) is 9.65. The minimum Gasteiger partial charge on any atom is -0.357 e. The maximum atomic E-state index is 5.90. The Kier molecular flexibility index (Phi) is 2.72. The molecule has 2 unspecified atom stereocenters. The van der Waals surface area contributed by atoms with Gasteiger partial charge in [0.15, 0.2) is 0 Å². The lowest BCUT2D eigenvalue weighted by atomic mass is 10.2. The van der Waals surface area contributed by atoms with Crippen LogP contribution in [0.15, 0.2) is 30.5 Å². The topological polar surface area (TPSA) is 42.2 Å². The second kappa shape index (κ2) is 4.46. The SMILES string of the molecule is CC1CC1Nc1nn2cc(-c3ccc(Cl)cc3)nc2s1. The number of anilines is 1. The number of rotatable bonds is 3. The van der Waals surface area contributed by atoms with E-state index in [1.807, 2.05) is 35.0 Å². The number of nitrogens with zero attached hydrogens (tertiary/aromatic N) is 3. The van der Waals surface area contributed by atoms with Crippen molar-refractivity contribution in [1.29, 1.82) is 0 Å². The Labute approximate surface area is 125 Å². The van der Waals surface area contributed by atoms with Gasteiger partial charge in [0.05, 0.1) is 11.9 Å². The molecule has 4 rings (SSSR count). The molecule has 3 aromatic rings. The Balaban J connectivity index is 1.63. The van der Waals surface area contributed by atoms with E-state index in [9.17, 15) is 0 Å². The van der Waals surface area contributed by atoms with Crippen LogP contribution in [0.5, 0.6) is 0 Å². The Bertz CT molecular complexity index is 730. The van der Waals surface area contributed by atoms with Crippen LogP contribution in [0.2, 0.25) is 5.02 Å². The zero-order valence-corrected chi connectivity index (χ0v) is 12.4. The van der Waals surface area contributed by atoms with E-state index in [2.05, 4.69) is 22.3 Å². The van der Waals surface area contributed by atoms with Gasteiger partial charge in [0.1, 0.15) is 0 Å². The predicted octanol–water partition coefficient (Wildman–Crippen LogP) is 3.93. The zero-order chi connectivity index (χ0) is 13.7. The molecule has 2 atom stereocenters. The standard InChI is InChI=1S/C14H13ClN4S/c1-8-6-11(8)16-13-18-19-7-12(17-14(19)20-13)9-2-4-10(15)5-3-9/h2-5,7-8,11H,6H2,1H3,(H,16,18). The third-order valence-corrected chi connectivity index (χ3v) is 4.71. The minimum atomic E-state index is 0.585. The van der Waals surface area contributed by atoms with Crippen LogP contribution in [0.25, 0.3) is 16.2 Å². The smallest absolute Gasteiger partial charge is 0.214 e. The highest BCUT2D eigenvalue weighted by Gasteiger charge is 2.33. The first-order valence-corrected chi connectivity index (χ1v) is 7.77. The molecular formula is C14H13ClN4S. The van der Waals surface area contributed by atoms with E-state index in [0.29, 0.717) is 6.04 Å². The van der Waals surface area contributed by atoms with Gasteiger partial charge in [-0.1, -0.05) is 42.0 Å². The lowest BCUT2D eigenvalue weighted by molar-refractivity contribution is 0.910. The van der Waals surface area contributed by atoms with E-state index in [4.69, 9.17) is 11.6 Å². The Morgan fingerprint density at radius 3 is 2.75 bits per heavy atom. The fourth-order valence-electron chi connectivity index (χ4n) is 2.20. The van der Waals surface area contributed by atoms with Crippen LogP contribution in [0.3, 0.4) is 0 Å². The van der Waals surface area contributed by atoms with E-state index in [-0.39, 0.29) is 0 Å². The lowest BCUT2D eigenvalue weighted by Gasteiger charge is -1.97. The summed E-state index contributed by atoms with van der Waals surface area (Å²) in [7, 11) is 0. The molecule has 1 aliphatic carbocycles. The summed E-state index contributed by atoms with van der Waals surface area (Å²) >= 11 is 7.49. The molecular weight excluding hydrogens is 292 g/mol. The summed E-state index contributed by atoms with van der Waals surface area (Å²) in [6.07, 6.45) is 3.19. The summed E-state index contributed by atoms with van der Waals surface area (Å²) in [5.41, 5.74) is 1.98. The largest absolute Gasteiger partial charge is 0.357 e. The molecule has 1 aliphatic rings. The van der Waals surface area contributed by atoms with Gasteiger partial charge in [0, 0.05) is 16.6 Å². The molecule has 0 amide bonds. The number of aromatic nitrogens is 3. The molecule has 1 fully saturated rings. The molecule has 6 heteroatoms. The van der Waals surface area contributed by atoms with Crippen LogP contribution in [0.1, 0.15) is 13.3 Å². The zero-order valence-electron chi connectivity index (χ0n) is 10.9. The fourth-order valence-corrected chi connectivity index (χ4v) is 3.17. The van der Waals surface area contributed by atoms with Gasteiger partial charge in [-0.3, -0.25) is 0 Å². The minimum absolute atomic E-state index is 0.585. The first kappa shape index (κ1) is 12.2. The summed E-state index contributed by atoms with van der Waals surface area (Å²) in [6.45, 7) is 2.25. The van der Waals surface area contributed by atoms with E-state index in [0.717, 1.165) is 32.3 Å². The van der Waals surface area contributed by atoms with Gasteiger partial charge >= 0.3 is 0 Å². The molecule has 0 bridgehead atoms. The second-order valence-electron chi connectivity index (χ2n) is 5.23. The van der Waals surface area contributed by atoms with Gasteiger partial charge in [0.25, 0.3) is 0 Å². The number of hydrogen-bond donors (Lipinski definition) is 1. The van der Waals surface area contributed by atoms with Crippen molar-refractivity contribution in [2.24, 2.45) is 5.92 Å². The van der Waals surface area contributed by atoms with Gasteiger partial charge < -0.3 is 5.32 Å². The van der Waals surface area contributed by atoms with Crippen molar-refractivity contribution in [2.75, 3.05) is 5.32 Å². The lowest BCUT2D eigenvalue weighted by Crippen LogP contribution is -2.03. The van der Waals surface area contributed by atoms with E-state index in [1.54, 1.807) is 11.3 Å². The molecule has 1 aromatic carbocycles. The van der Waals surface area contributed by atoms with Crippen molar-refractivity contribution in [3.63, 3.8) is 0 Å². The van der Waals surface area contributed by atoms with Crippen LogP contribution >= 0.6 is 22.9 Å². The fraction of sp³-hybridized carbons (Fsp3) is 0.286. The average molecular weight is 305 g/mol. The number of imidazole rings is 1. The Hall–Kier alpha value is -1.59. The van der Waals surface area contributed by atoms with Crippen LogP contribution in [-0.2, 0) is 0 Å². The van der Waals surface area contributed by atoms with Crippen molar-refractivity contribution < 1.29 is 0 Å². The van der Waals surface area contributed by atoms with E-state index >= 15 is 0 Å². The van der Waals surface area contributed by atoms with Crippen molar-refractivity contribution in [3.8, 4) is 11.3 Å². The highest BCUT2D eigenvalue weighted by atomic mass is 35.5. The molecule has 1 N–H and O–H groups in total. The van der Waals surface area contributed by atoms with Crippen molar-refractivity contribution >= 4 is 33.0 Å². The Morgan fingerprint density at radius 1 is 1.35 bits per heavy atom. The van der Waals surface area contributed by atoms with Gasteiger partial charge in [0.2, 0.25) is 10.1 Å². The maximum Gasteiger partial charge on any atom is 0.214 e. The molecule has 0 aliphatic heterocycles. The van der Waals surface area contributed by atoms with Crippen LogP contribution in [0, 0.1) is 5.92 Å². The molecule has 0 radical (unpaired) electrons. The molecule has 4 nitrogen and oxygen atoms in total. The Morgan fingerprint density at radius 2 is 2.10 bits per heavy atom. The first-order valence-electron chi connectivity index (χ1n) is 6.58. The molecule has 2 aromatic heterocycles. The average Bonchev–Trinajstić information content (AvgIpc) is 2.82. The number of benzene rings is 1. The third kappa shape index (κ3) is 2.17. The third-order valence-electron chi connectivity index (χ3n) is 3.60. The molecule has 20 heavy (non-hydrogen) atoms. The normalized spacial score (nSPS) is 21.3. The predicted molar refractivity (Wildman–Crippen MR) is 82.5 cm³/mol. The van der Waals surface area contributed by atoms with E-state index < -0.39 is 0 Å². The van der Waals surface area contributed by atoms with Crippen LogP contribution in [0.4, 0.5) is 5.13 Å². The van der Waals surface area contributed by atoms with Gasteiger partial charge in [-0.25, -0.2) is 9.50 Å². The maximum absolute atomic E-state index is 5.90. The molecule has 2 heterocycles. The highest BCUT2D eigenvalue weighted by Crippen LogP contribution is 2.34. The van der Waals surface area contributed by atoms with Crippen LogP contribution in [-0.4, -0.2) is 20.6 Å². The second-order valence-corrected chi connectivity index (χ2v) is 6.62. The van der Waals surface area contributed by atoms with Gasteiger partial charge in [-0.2, -0.15) is 0 Å². The summed E-state index contributed by atoms with van der Waals surface area (Å²) in [4.78, 5) is 5.52. The van der Waals surface area contributed by atoms with Crippen molar-refractivity contribution in [1.82, 2.24) is 14.6 Å². The van der Waals surface area contributed by atoms with Crippen molar-refractivity contribution in [2.45, 2.75) is 19.4 Å². The van der Waals surface area contributed by atoms with Crippen LogP contribution < -0.4 is 5.32 Å².